The van der Waals surface area contributed by atoms with E-state index in [1.54, 1.807) is 4.57 Å². The van der Waals surface area contributed by atoms with E-state index in [1.165, 1.54) is 11.3 Å². The Morgan fingerprint density at radius 1 is 1.17 bits per heavy atom. The number of rotatable bonds is 2. The molecule has 2 aromatic carbocycles. The smallest absolute Gasteiger partial charge is 0.215 e. The number of aromatic nitrogens is 1. The molecule has 1 aliphatic heterocycles. The lowest BCUT2D eigenvalue weighted by Crippen LogP contribution is -1.93. The minimum absolute atomic E-state index is 0.167. The van der Waals surface area contributed by atoms with Crippen LogP contribution in [-0.2, 0) is 0 Å². The maximum atomic E-state index is 10.7. The molecule has 2 heterocycles. The quantitative estimate of drug-likeness (QED) is 0.616. The van der Waals surface area contributed by atoms with Crippen molar-refractivity contribution >= 4 is 47.1 Å². The van der Waals surface area contributed by atoms with Crippen LogP contribution < -0.4 is 0 Å². The van der Waals surface area contributed by atoms with Crippen LogP contribution in [0.1, 0.15) is 16.0 Å². The van der Waals surface area contributed by atoms with E-state index in [4.69, 9.17) is 12.2 Å². The fourth-order valence-electron chi connectivity index (χ4n) is 2.77. The molecule has 5 heteroatoms. The second-order valence-electron chi connectivity index (χ2n) is 5.61. The number of fused-ring (bicyclic) bond motifs is 1. The van der Waals surface area contributed by atoms with Crippen LogP contribution in [0, 0.1) is 10.9 Å². The molecule has 0 fully saturated rings. The Morgan fingerprint density at radius 3 is 2.83 bits per heavy atom. The van der Waals surface area contributed by atoms with Gasteiger partial charge >= 0.3 is 0 Å². The molecule has 0 bridgehead atoms. The topological polar surface area (TPSA) is 37.5 Å². The highest BCUT2D eigenvalue weighted by Gasteiger charge is 2.16. The molecule has 0 unspecified atom stereocenters. The molecule has 1 N–H and O–H groups in total. The monoisotopic (exact) mass is 350 g/mol. The first kappa shape index (κ1) is 15.1. The van der Waals surface area contributed by atoms with Crippen molar-refractivity contribution in [1.82, 2.24) is 4.57 Å². The Labute approximate surface area is 148 Å². The summed E-state index contributed by atoms with van der Waals surface area (Å²) in [6.45, 7) is 2.02. The van der Waals surface area contributed by atoms with Gasteiger partial charge in [0.2, 0.25) is 5.88 Å². The predicted octanol–water partition coefficient (Wildman–Crippen LogP) is 5.54. The average Bonchev–Trinajstić information content (AvgIpc) is 3.09. The molecule has 0 spiro atoms. The summed E-state index contributed by atoms with van der Waals surface area (Å²) in [5, 5.41) is 10.7. The van der Waals surface area contributed by atoms with E-state index in [2.05, 4.69) is 4.99 Å². The van der Waals surface area contributed by atoms with Gasteiger partial charge in [-0.3, -0.25) is 9.56 Å². The Kier molecular flexibility index (Phi) is 3.67. The summed E-state index contributed by atoms with van der Waals surface area (Å²) in [4.78, 5) is 5.14. The molecule has 1 aliphatic rings. The number of thiazole rings is 1. The van der Waals surface area contributed by atoms with Crippen LogP contribution in [0.2, 0.25) is 0 Å². The Hall–Kier alpha value is -2.50. The highest BCUT2D eigenvalue weighted by atomic mass is 32.1. The van der Waals surface area contributed by atoms with Crippen molar-refractivity contribution in [3.05, 3.63) is 68.5 Å². The molecule has 0 radical (unpaired) electrons. The van der Waals surface area contributed by atoms with E-state index in [9.17, 15) is 5.11 Å². The van der Waals surface area contributed by atoms with Crippen LogP contribution in [0.3, 0.4) is 0 Å². The van der Waals surface area contributed by atoms with E-state index >= 15 is 0 Å². The summed E-state index contributed by atoms with van der Waals surface area (Å²) in [6, 6.07) is 15.9. The number of hydrogen-bond donors (Lipinski definition) is 1. The third kappa shape index (κ3) is 2.52. The number of hydrogen-bond acceptors (Lipinski definition) is 4. The molecular formula is C19H14N2OS2. The number of allylic oxidation sites excluding steroid dienone is 1. The van der Waals surface area contributed by atoms with Crippen molar-refractivity contribution in [1.29, 1.82) is 0 Å². The number of benzene rings is 2. The average molecular weight is 350 g/mol. The van der Waals surface area contributed by atoms with Gasteiger partial charge in [0.25, 0.3) is 0 Å². The number of aromatic hydroxyl groups is 1. The first-order valence-electron chi connectivity index (χ1n) is 7.50. The highest BCUT2D eigenvalue weighted by Crippen LogP contribution is 2.36. The van der Waals surface area contributed by atoms with Gasteiger partial charge in [-0.25, -0.2) is 0 Å². The minimum atomic E-state index is 0.167. The molecule has 3 nitrogen and oxygen atoms in total. The van der Waals surface area contributed by atoms with Crippen LogP contribution in [0.4, 0.5) is 5.69 Å². The maximum Gasteiger partial charge on any atom is 0.215 e. The summed E-state index contributed by atoms with van der Waals surface area (Å²) >= 11 is 6.86. The van der Waals surface area contributed by atoms with Gasteiger partial charge in [-0.1, -0.05) is 30.3 Å². The molecule has 4 rings (SSSR count). The van der Waals surface area contributed by atoms with Crippen LogP contribution in [0.25, 0.3) is 17.3 Å². The van der Waals surface area contributed by atoms with E-state index in [1.807, 2.05) is 67.7 Å². The molecule has 118 valence electrons. The molecule has 24 heavy (non-hydrogen) atoms. The van der Waals surface area contributed by atoms with Crippen LogP contribution >= 0.6 is 23.6 Å². The number of nitrogens with zero attached hydrogens (tertiary/aromatic N) is 2. The summed E-state index contributed by atoms with van der Waals surface area (Å²) < 4.78 is 2.32. The normalized spacial score (nSPS) is 14.3. The van der Waals surface area contributed by atoms with E-state index < -0.39 is 0 Å². The van der Waals surface area contributed by atoms with Gasteiger partial charge in [0.1, 0.15) is 0 Å². The SMILES string of the molecule is Cc1cccc(-n2c(O)c(C=C3C=Nc4ccccc43)sc2=S)c1. The van der Waals surface area contributed by atoms with Crippen molar-refractivity contribution < 1.29 is 5.11 Å². The lowest BCUT2D eigenvalue weighted by molar-refractivity contribution is 0.441. The van der Waals surface area contributed by atoms with Gasteiger partial charge in [-0.2, -0.15) is 0 Å². The van der Waals surface area contributed by atoms with Gasteiger partial charge in [-0.05, 0) is 49.0 Å². The first-order valence-corrected chi connectivity index (χ1v) is 8.73. The van der Waals surface area contributed by atoms with Gasteiger partial charge in [-0.15, -0.1) is 11.3 Å². The number of aliphatic imine (C=N–C) groups is 1. The van der Waals surface area contributed by atoms with Crippen molar-refractivity contribution in [3.8, 4) is 11.6 Å². The fraction of sp³-hybridized carbons (Fsp3) is 0.0526. The summed E-state index contributed by atoms with van der Waals surface area (Å²) in [5.74, 6) is 0.167. The third-order valence-corrected chi connectivity index (χ3v) is 5.23. The Balaban J connectivity index is 1.83. The molecule has 3 aromatic rings. The minimum Gasteiger partial charge on any atom is -0.493 e. The lowest BCUT2D eigenvalue weighted by atomic mass is 10.1. The van der Waals surface area contributed by atoms with Gasteiger partial charge < -0.3 is 5.11 Å². The molecule has 0 amide bonds. The highest BCUT2D eigenvalue weighted by molar-refractivity contribution is 7.73. The largest absolute Gasteiger partial charge is 0.493 e. The van der Waals surface area contributed by atoms with Crippen LogP contribution in [0.5, 0.6) is 5.88 Å². The molecule has 0 saturated heterocycles. The Bertz CT molecular complexity index is 1060. The predicted molar refractivity (Wildman–Crippen MR) is 103 cm³/mol. The van der Waals surface area contributed by atoms with Gasteiger partial charge in [0, 0.05) is 17.4 Å². The van der Waals surface area contributed by atoms with Crippen molar-refractivity contribution in [3.63, 3.8) is 0 Å². The molecular weight excluding hydrogens is 336 g/mol. The number of aryl methyl sites for hydroxylation is 1. The van der Waals surface area contributed by atoms with Crippen molar-refractivity contribution in [2.45, 2.75) is 6.92 Å². The van der Waals surface area contributed by atoms with Crippen LogP contribution in [0.15, 0.2) is 53.5 Å². The standard InChI is InChI=1S/C19H14N2OS2/c1-12-5-4-6-14(9-12)21-18(22)17(24-19(21)23)10-13-11-20-16-8-3-2-7-15(13)16/h2-11,22H,1H3. The summed E-state index contributed by atoms with van der Waals surface area (Å²) in [7, 11) is 0. The third-order valence-electron chi connectivity index (χ3n) is 3.92. The van der Waals surface area contributed by atoms with E-state index in [0.29, 0.717) is 3.95 Å². The zero-order chi connectivity index (χ0) is 16.7. The summed E-state index contributed by atoms with van der Waals surface area (Å²) in [5.41, 5.74) is 4.99. The van der Waals surface area contributed by atoms with Crippen molar-refractivity contribution in [2.24, 2.45) is 4.99 Å². The maximum absolute atomic E-state index is 10.7. The van der Waals surface area contributed by atoms with Gasteiger partial charge in [0.15, 0.2) is 3.95 Å². The van der Waals surface area contributed by atoms with E-state index in [0.717, 1.165) is 33.0 Å². The zero-order valence-corrected chi connectivity index (χ0v) is 14.6. The van der Waals surface area contributed by atoms with Crippen molar-refractivity contribution in [2.75, 3.05) is 0 Å². The molecule has 0 aliphatic carbocycles. The fourth-order valence-corrected chi connectivity index (χ4v) is 4.07. The van der Waals surface area contributed by atoms with Crippen LogP contribution in [-0.4, -0.2) is 15.9 Å². The first-order chi connectivity index (χ1) is 11.6. The summed E-state index contributed by atoms with van der Waals surface area (Å²) in [6.07, 6.45) is 3.77. The van der Waals surface area contributed by atoms with E-state index in [-0.39, 0.29) is 5.88 Å². The lowest BCUT2D eigenvalue weighted by Gasteiger charge is -2.05. The zero-order valence-electron chi connectivity index (χ0n) is 12.9. The molecule has 0 saturated carbocycles. The second-order valence-corrected chi connectivity index (χ2v) is 7.28. The molecule has 0 atom stereocenters. The number of para-hydroxylation sites is 1. The second kappa shape index (κ2) is 5.85. The molecule has 1 aromatic heterocycles. The Morgan fingerprint density at radius 2 is 2.00 bits per heavy atom. The van der Waals surface area contributed by atoms with Gasteiger partial charge in [0.05, 0.1) is 16.3 Å².